The highest BCUT2D eigenvalue weighted by Crippen LogP contribution is 2.31. The Morgan fingerprint density at radius 1 is 1.13 bits per heavy atom. The van der Waals surface area contributed by atoms with Crippen molar-refractivity contribution in [2.45, 2.75) is 57.5 Å². The molecule has 0 bridgehead atoms. The van der Waals surface area contributed by atoms with Crippen molar-refractivity contribution in [1.82, 2.24) is 14.4 Å². The highest BCUT2D eigenvalue weighted by Gasteiger charge is 2.31. The van der Waals surface area contributed by atoms with Crippen molar-refractivity contribution in [3.8, 4) is 5.75 Å². The Labute approximate surface area is 174 Å². The Bertz CT molecular complexity index is 887. The molecule has 5 nitrogen and oxygen atoms in total. The second kappa shape index (κ2) is 8.49. The summed E-state index contributed by atoms with van der Waals surface area (Å²) < 4.78 is 45.8. The van der Waals surface area contributed by atoms with E-state index in [0.29, 0.717) is 22.7 Å². The number of hydrogen-bond acceptors (Lipinski definition) is 3. The summed E-state index contributed by atoms with van der Waals surface area (Å²) in [6, 6.07) is 7.27. The lowest BCUT2D eigenvalue weighted by Gasteiger charge is -2.35. The third kappa shape index (κ3) is 4.74. The van der Waals surface area contributed by atoms with E-state index >= 15 is 0 Å². The maximum Gasteiger partial charge on any atom is 0.406 e. The number of hydrogen-bond donors (Lipinski definition) is 0. The zero-order valence-corrected chi connectivity index (χ0v) is 17.2. The lowest BCUT2D eigenvalue weighted by molar-refractivity contribution is -0.139. The van der Waals surface area contributed by atoms with Crippen LogP contribution in [0.3, 0.4) is 0 Å². The number of piperidine rings is 1. The summed E-state index contributed by atoms with van der Waals surface area (Å²) in [5.74, 6) is 0.798. The minimum atomic E-state index is -4.26. The van der Waals surface area contributed by atoms with Crippen molar-refractivity contribution < 1.29 is 22.7 Å². The molecule has 1 atom stereocenters. The van der Waals surface area contributed by atoms with Gasteiger partial charge in [0.05, 0.1) is 5.52 Å². The Morgan fingerprint density at radius 3 is 2.60 bits per heavy atom. The standard InChI is InChI=1S/C22H28F3N3O2/c1-16(29)28-10-3-4-17(28)14-26-11-7-18(8-12-26)30-21-6-2-5-20-19(21)9-13-27(20)15-22(23,24)25/h2,5-6,9,13,17-18H,3-4,7-8,10-12,14-15H2,1H3. The normalized spacial score (nSPS) is 21.5. The van der Waals surface area contributed by atoms with Crippen LogP contribution in [0.25, 0.3) is 10.9 Å². The number of nitrogens with zero attached hydrogens (tertiary/aromatic N) is 3. The first kappa shape index (κ1) is 21.0. The number of ether oxygens (including phenoxy) is 1. The molecule has 2 aromatic rings. The molecule has 0 saturated carbocycles. The molecule has 30 heavy (non-hydrogen) atoms. The summed E-state index contributed by atoms with van der Waals surface area (Å²) in [6.07, 6.45) is 1.13. The van der Waals surface area contributed by atoms with Crippen LogP contribution in [0.15, 0.2) is 30.5 Å². The van der Waals surface area contributed by atoms with Gasteiger partial charge in [-0.3, -0.25) is 4.79 Å². The highest BCUT2D eigenvalue weighted by molar-refractivity contribution is 5.86. The van der Waals surface area contributed by atoms with Crippen molar-refractivity contribution in [2.75, 3.05) is 26.2 Å². The van der Waals surface area contributed by atoms with Crippen molar-refractivity contribution in [2.24, 2.45) is 0 Å². The van der Waals surface area contributed by atoms with Crippen LogP contribution in [0.2, 0.25) is 0 Å². The maximum atomic E-state index is 12.8. The van der Waals surface area contributed by atoms with Crippen LogP contribution in [-0.4, -0.2) is 64.8 Å². The number of rotatable bonds is 5. The number of likely N-dealkylation sites (tertiary alicyclic amines) is 2. The minimum absolute atomic E-state index is 0.0466. The van der Waals surface area contributed by atoms with E-state index in [0.717, 1.165) is 51.9 Å². The van der Waals surface area contributed by atoms with E-state index < -0.39 is 12.7 Å². The number of alkyl halides is 3. The Morgan fingerprint density at radius 2 is 1.90 bits per heavy atom. The number of benzene rings is 1. The first-order valence-electron chi connectivity index (χ1n) is 10.6. The summed E-state index contributed by atoms with van der Waals surface area (Å²) in [5.41, 5.74) is 0.535. The molecule has 164 valence electrons. The summed E-state index contributed by atoms with van der Waals surface area (Å²) >= 11 is 0. The predicted molar refractivity (Wildman–Crippen MR) is 108 cm³/mol. The molecule has 1 aromatic heterocycles. The fourth-order valence-electron chi connectivity index (χ4n) is 4.76. The SMILES string of the molecule is CC(=O)N1CCCC1CN1CCC(Oc2cccc3c2ccn3CC(F)(F)F)CC1. The second-order valence-electron chi connectivity index (χ2n) is 8.37. The van der Waals surface area contributed by atoms with E-state index in [1.54, 1.807) is 25.1 Å². The molecule has 1 amide bonds. The molecule has 3 heterocycles. The molecule has 8 heteroatoms. The third-order valence-electron chi connectivity index (χ3n) is 6.20. The molecule has 0 radical (unpaired) electrons. The lowest BCUT2D eigenvalue weighted by Crippen LogP contribution is -2.46. The van der Waals surface area contributed by atoms with E-state index in [2.05, 4.69) is 4.90 Å². The number of amides is 1. The molecule has 1 aromatic carbocycles. The van der Waals surface area contributed by atoms with Gasteiger partial charge in [-0.2, -0.15) is 13.2 Å². The Kier molecular flexibility index (Phi) is 5.95. The van der Waals surface area contributed by atoms with Gasteiger partial charge in [0.15, 0.2) is 0 Å². The molecule has 2 fully saturated rings. The molecule has 2 aliphatic rings. The van der Waals surface area contributed by atoms with E-state index in [-0.39, 0.29) is 12.0 Å². The summed E-state index contributed by atoms with van der Waals surface area (Å²) in [6.45, 7) is 4.20. The summed E-state index contributed by atoms with van der Waals surface area (Å²) in [4.78, 5) is 16.1. The first-order valence-corrected chi connectivity index (χ1v) is 10.6. The smallest absolute Gasteiger partial charge is 0.406 e. The third-order valence-corrected chi connectivity index (χ3v) is 6.20. The molecule has 0 aliphatic carbocycles. The lowest BCUT2D eigenvalue weighted by atomic mass is 10.1. The quantitative estimate of drug-likeness (QED) is 0.728. The zero-order valence-electron chi connectivity index (χ0n) is 17.2. The summed E-state index contributed by atoms with van der Waals surface area (Å²) in [7, 11) is 0. The van der Waals surface area contributed by atoms with Crippen molar-refractivity contribution >= 4 is 16.8 Å². The first-order chi connectivity index (χ1) is 14.3. The van der Waals surface area contributed by atoms with Gasteiger partial charge in [0, 0.05) is 50.7 Å². The molecule has 1 unspecified atom stereocenters. The van der Waals surface area contributed by atoms with Crippen LogP contribution in [0.1, 0.15) is 32.6 Å². The van der Waals surface area contributed by atoms with Gasteiger partial charge >= 0.3 is 6.18 Å². The average molecular weight is 423 g/mol. The second-order valence-corrected chi connectivity index (χ2v) is 8.37. The number of halogens is 3. The Balaban J connectivity index is 1.35. The zero-order chi connectivity index (χ0) is 21.3. The monoisotopic (exact) mass is 423 g/mol. The van der Waals surface area contributed by atoms with E-state index in [1.165, 1.54) is 10.8 Å². The fourth-order valence-corrected chi connectivity index (χ4v) is 4.76. The molecule has 2 saturated heterocycles. The number of fused-ring (bicyclic) bond motifs is 1. The van der Waals surface area contributed by atoms with Crippen LogP contribution >= 0.6 is 0 Å². The van der Waals surface area contributed by atoms with Gasteiger partial charge in [0.2, 0.25) is 5.91 Å². The van der Waals surface area contributed by atoms with Crippen molar-refractivity contribution in [1.29, 1.82) is 0 Å². The number of carbonyl (C=O) groups excluding carboxylic acids is 1. The van der Waals surface area contributed by atoms with Crippen molar-refractivity contribution in [3.05, 3.63) is 30.5 Å². The van der Waals surface area contributed by atoms with E-state index in [4.69, 9.17) is 4.74 Å². The predicted octanol–water partition coefficient (Wildman–Crippen LogP) is 4.06. The van der Waals surface area contributed by atoms with E-state index in [1.807, 2.05) is 11.0 Å². The van der Waals surface area contributed by atoms with Gasteiger partial charge in [-0.25, -0.2) is 0 Å². The van der Waals surface area contributed by atoms with Gasteiger partial charge in [0.25, 0.3) is 0 Å². The van der Waals surface area contributed by atoms with Crippen LogP contribution < -0.4 is 4.74 Å². The molecular formula is C22H28F3N3O2. The molecule has 2 aliphatic heterocycles. The average Bonchev–Trinajstić information content (AvgIpc) is 3.30. The van der Waals surface area contributed by atoms with Crippen LogP contribution in [0.4, 0.5) is 13.2 Å². The van der Waals surface area contributed by atoms with Gasteiger partial charge < -0.3 is 19.1 Å². The van der Waals surface area contributed by atoms with Gasteiger partial charge in [-0.05, 0) is 43.9 Å². The van der Waals surface area contributed by atoms with Crippen LogP contribution in [0, 0.1) is 0 Å². The van der Waals surface area contributed by atoms with Crippen LogP contribution in [-0.2, 0) is 11.3 Å². The van der Waals surface area contributed by atoms with Gasteiger partial charge in [-0.15, -0.1) is 0 Å². The molecule has 0 N–H and O–H groups in total. The van der Waals surface area contributed by atoms with Crippen molar-refractivity contribution in [3.63, 3.8) is 0 Å². The molecular weight excluding hydrogens is 395 g/mol. The van der Waals surface area contributed by atoms with Crippen LogP contribution in [0.5, 0.6) is 5.75 Å². The molecule has 0 spiro atoms. The molecule has 4 rings (SSSR count). The largest absolute Gasteiger partial charge is 0.490 e. The van der Waals surface area contributed by atoms with Gasteiger partial charge in [-0.1, -0.05) is 6.07 Å². The van der Waals surface area contributed by atoms with E-state index in [9.17, 15) is 18.0 Å². The topological polar surface area (TPSA) is 37.7 Å². The van der Waals surface area contributed by atoms with Gasteiger partial charge in [0.1, 0.15) is 18.4 Å². The highest BCUT2D eigenvalue weighted by atomic mass is 19.4. The minimum Gasteiger partial charge on any atom is -0.490 e. The number of carbonyl (C=O) groups is 1. The number of aromatic nitrogens is 1. The maximum absolute atomic E-state index is 12.8. The fraction of sp³-hybridized carbons (Fsp3) is 0.591. The summed E-state index contributed by atoms with van der Waals surface area (Å²) in [5, 5.41) is 0.715. The Hall–Kier alpha value is -2.22.